The van der Waals surface area contributed by atoms with E-state index in [1.165, 1.54) is 0 Å². The molecule has 0 N–H and O–H groups in total. The van der Waals surface area contributed by atoms with E-state index in [0.29, 0.717) is 12.2 Å². The van der Waals surface area contributed by atoms with Crippen LogP contribution in [0.2, 0.25) is 0 Å². The molecule has 0 aliphatic rings. The molecule has 150 valence electrons. The molecule has 0 amide bonds. The number of rotatable bonds is 11. The first-order valence-electron chi connectivity index (χ1n) is 6.76. The normalized spacial score (nSPS) is 13.1. The highest BCUT2D eigenvalue weighted by Gasteiger charge is 2.79. The molecule has 4 nitrogen and oxygen atoms in total. The Balaban J connectivity index is 5.22. The molecule has 0 spiro atoms. The van der Waals surface area contributed by atoms with Crippen molar-refractivity contribution in [1.29, 1.82) is 0 Å². The fourth-order valence-corrected chi connectivity index (χ4v) is 1.45. The summed E-state index contributed by atoms with van der Waals surface area (Å²) in [5.41, 5.74) is 0. The summed E-state index contributed by atoms with van der Waals surface area (Å²) in [4.78, 5) is 21.2. The lowest BCUT2D eigenvalue weighted by Gasteiger charge is -2.36. The van der Waals surface area contributed by atoms with E-state index in [2.05, 4.69) is 22.6 Å². The van der Waals surface area contributed by atoms with Gasteiger partial charge in [0, 0.05) is 12.2 Å². The third-order valence-electron chi connectivity index (χ3n) is 2.97. The van der Waals surface area contributed by atoms with Gasteiger partial charge in [-0.05, 0) is 0 Å². The zero-order chi connectivity index (χ0) is 20.8. The van der Waals surface area contributed by atoms with Crippen molar-refractivity contribution in [3.05, 3.63) is 25.3 Å². The minimum atomic E-state index is -6.49. The van der Waals surface area contributed by atoms with Gasteiger partial charge in [0.15, 0.2) is 0 Å². The zero-order valence-electron chi connectivity index (χ0n) is 13.1. The highest BCUT2D eigenvalue weighted by atomic mass is 19.4. The number of carbonyl (C=O) groups is 2. The van der Waals surface area contributed by atoms with Crippen molar-refractivity contribution in [2.45, 2.75) is 36.5 Å². The van der Waals surface area contributed by atoms with Crippen LogP contribution >= 0.6 is 0 Å². The maximum atomic E-state index is 13.5. The molecule has 0 atom stereocenters. The molecule has 0 bridgehead atoms. The van der Waals surface area contributed by atoms with Crippen molar-refractivity contribution in [1.82, 2.24) is 0 Å². The van der Waals surface area contributed by atoms with Gasteiger partial charge in [-0.3, -0.25) is 0 Å². The first-order valence-corrected chi connectivity index (χ1v) is 6.76. The SMILES string of the molecule is C=CC(=O)OCCC(F)(F)C(F)(F)C(F)(F)C(F)(F)CCOC(=O)C=C. The largest absolute Gasteiger partial charge is 0.462 e. The van der Waals surface area contributed by atoms with E-state index in [9.17, 15) is 44.7 Å². The van der Waals surface area contributed by atoms with Gasteiger partial charge >= 0.3 is 35.6 Å². The fourth-order valence-electron chi connectivity index (χ4n) is 1.45. The van der Waals surface area contributed by atoms with Crippen LogP contribution in [0.15, 0.2) is 25.3 Å². The van der Waals surface area contributed by atoms with Crippen molar-refractivity contribution < 1.29 is 54.2 Å². The van der Waals surface area contributed by atoms with E-state index >= 15 is 0 Å². The van der Waals surface area contributed by atoms with Gasteiger partial charge in [-0.1, -0.05) is 13.2 Å². The van der Waals surface area contributed by atoms with Crippen molar-refractivity contribution in [2.75, 3.05) is 13.2 Å². The molecule has 0 fully saturated rings. The fraction of sp³-hybridized carbons (Fsp3) is 0.571. The zero-order valence-corrected chi connectivity index (χ0v) is 13.1. The molecule has 0 saturated carbocycles. The quantitative estimate of drug-likeness (QED) is 0.302. The topological polar surface area (TPSA) is 52.6 Å². The number of hydrogen-bond donors (Lipinski definition) is 0. The van der Waals surface area contributed by atoms with Crippen LogP contribution in [0.1, 0.15) is 12.8 Å². The van der Waals surface area contributed by atoms with Crippen LogP contribution in [-0.4, -0.2) is 48.8 Å². The minimum Gasteiger partial charge on any atom is -0.462 e. The highest BCUT2D eigenvalue weighted by Crippen LogP contribution is 2.54. The second-order valence-corrected chi connectivity index (χ2v) is 4.80. The molecule has 0 heterocycles. The van der Waals surface area contributed by atoms with Gasteiger partial charge in [0.1, 0.15) is 0 Å². The summed E-state index contributed by atoms with van der Waals surface area (Å²) < 4.78 is 115. The maximum Gasteiger partial charge on any atom is 0.378 e. The molecule has 26 heavy (non-hydrogen) atoms. The molecule has 0 aliphatic carbocycles. The smallest absolute Gasteiger partial charge is 0.378 e. The molecule has 0 saturated heterocycles. The van der Waals surface area contributed by atoms with Crippen LogP contribution in [0.5, 0.6) is 0 Å². The summed E-state index contributed by atoms with van der Waals surface area (Å²) in [5, 5.41) is 0. The number of ether oxygens (including phenoxy) is 2. The Morgan fingerprint density at radius 1 is 0.692 bits per heavy atom. The van der Waals surface area contributed by atoms with E-state index in [1.807, 2.05) is 0 Å². The summed E-state index contributed by atoms with van der Waals surface area (Å²) in [5.74, 6) is -26.9. The molecule has 0 unspecified atom stereocenters. The predicted molar refractivity (Wildman–Crippen MR) is 71.3 cm³/mol. The van der Waals surface area contributed by atoms with Crippen LogP contribution in [0, 0.1) is 0 Å². The Morgan fingerprint density at radius 2 is 0.962 bits per heavy atom. The summed E-state index contributed by atoms with van der Waals surface area (Å²) in [6.45, 7) is 2.87. The number of halogens is 8. The molecular formula is C14H14F8O4. The Morgan fingerprint density at radius 3 is 1.19 bits per heavy atom. The minimum absolute atomic E-state index is 0.490. The van der Waals surface area contributed by atoms with Gasteiger partial charge in [-0.25, -0.2) is 9.59 Å². The Bertz CT molecular complexity index is 497. The second-order valence-electron chi connectivity index (χ2n) is 4.80. The van der Waals surface area contributed by atoms with Gasteiger partial charge in [-0.15, -0.1) is 0 Å². The molecule has 0 rings (SSSR count). The van der Waals surface area contributed by atoms with Gasteiger partial charge < -0.3 is 9.47 Å². The number of esters is 2. The lowest BCUT2D eigenvalue weighted by atomic mass is 9.95. The average Bonchev–Trinajstić information content (AvgIpc) is 2.53. The summed E-state index contributed by atoms with van der Waals surface area (Å²) in [7, 11) is 0. The van der Waals surface area contributed by atoms with Gasteiger partial charge in [0.2, 0.25) is 0 Å². The Hall–Kier alpha value is -2.14. The molecule has 0 aromatic rings. The van der Waals surface area contributed by atoms with E-state index in [4.69, 9.17) is 0 Å². The monoisotopic (exact) mass is 398 g/mol. The van der Waals surface area contributed by atoms with Crippen LogP contribution in [-0.2, 0) is 19.1 Å². The lowest BCUT2D eigenvalue weighted by molar-refractivity contribution is -0.369. The van der Waals surface area contributed by atoms with Gasteiger partial charge in [0.25, 0.3) is 0 Å². The van der Waals surface area contributed by atoms with E-state index in [-0.39, 0.29) is 0 Å². The van der Waals surface area contributed by atoms with E-state index in [0.717, 1.165) is 0 Å². The van der Waals surface area contributed by atoms with E-state index < -0.39 is 61.7 Å². The average molecular weight is 398 g/mol. The van der Waals surface area contributed by atoms with Crippen LogP contribution in [0.3, 0.4) is 0 Å². The number of hydrogen-bond acceptors (Lipinski definition) is 4. The van der Waals surface area contributed by atoms with Crippen molar-refractivity contribution in [3.8, 4) is 0 Å². The summed E-state index contributed by atoms with van der Waals surface area (Å²) >= 11 is 0. The summed E-state index contributed by atoms with van der Waals surface area (Å²) in [6, 6.07) is 0. The number of alkyl halides is 8. The number of carbonyl (C=O) groups excluding carboxylic acids is 2. The molecule has 0 aromatic heterocycles. The highest BCUT2D eigenvalue weighted by molar-refractivity contribution is 5.81. The third kappa shape index (κ3) is 5.18. The predicted octanol–water partition coefficient (Wildman–Crippen LogP) is 3.77. The van der Waals surface area contributed by atoms with Crippen LogP contribution in [0.4, 0.5) is 35.1 Å². The van der Waals surface area contributed by atoms with Crippen LogP contribution in [0.25, 0.3) is 0 Å². The van der Waals surface area contributed by atoms with Gasteiger partial charge in [0.05, 0.1) is 26.1 Å². The molecule has 12 heteroatoms. The Kier molecular flexibility index (Phi) is 7.80. The van der Waals surface area contributed by atoms with Crippen molar-refractivity contribution >= 4 is 11.9 Å². The third-order valence-corrected chi connectivity index (χ3v) is 2.97. The van der Waals surface area contributed by atoms with Crippen molar-refractivity contribution in [3.63, 3.8) is 0 Å². The Labute approximate surface area is 142 Å². The van der Waals surface area contributed by atoms with Crippen LogP contribution < -0.4 is 0 Å². The van der Waals surface area contributed by atoms with Crippen molar-refractivity contribution in [2.24, 2.45) is 0 Å². The maximum absolute atomic E-state index is 13.5. The second kappa shape index (κ2) is 8.49. The summed E-state index contributed by atoms with van der Waals surface area (Å²) in [6.07, 6.45) is -3.30. The molecular weight excluding hydrogens is 384 g/mol. The lowest BCUT2D eigenvalue weighted by Crippen LogP contribution is -2.62. The first kappa shape index (κ1) is 23.9. The standard InChI is InChI=1S/C14H14F8O4/c1-3-9(23)25-7-5-11(15,16)13(19,20)14(21,22)12(17,18)6-8-26-10(24)4-2/h3-4H,1-2,5-8H2. The molecule has 0 aliphatic heterocycles. The molecule has 0 aromatic carbocycles. The van der Waals surface area contributed by atoms with Gasteiger partial charge in [-0.2, -0.15) is 35.1 Å². The molecule has 0 radical (unpaired) electrons. The van der Waals surface area contributed by atoms with E-state index in [1.54, 1.807) is 0 Å². The first-order chi connectivity index (χ1) is 11.7.